The molecule has 39 heavy (non-hydrogen) atoms. The molecule has 3 aromatic heterocycles. The number of nitrogens with one attached hydrogen (secondary N) is 2. The third-order valence-electron chi connectivity index (χ3n) is 7.79. The Bertz CT molecular complexity index is 1600. The minimum atomic E-state index is -0.0926. The first-order valence-corrected chi connectivity index (χ1v) is 13.8. The van der Waals surface area contributed by atoms with Gasteiger partial charge in [-0.1, -0.05) is 23.7 Å². The Hall–Kier alpha value is -3.98. The van der Waals surface area contributed by atoms with Gasteiger partial charge in [0.25, 0.3) is 0 Å². The van der Waals surface area contributed by atoms with E-state index in [0.29, 0.717) is 35.5 Å². The number of carbonyl (C=O) groups is 2. The van der Waals surface area contributed by atoms with E-state index in [1.54, 1.807) is 6.07 Å². The van der Waals surface area contributed by atoms with Crippen LogP contribution >= 0.6 is 11.6 Å². The zero-order valence-electron chi connectivity index (χ0n) is 21.3. The van der Waals surface area contributed by atoms with E-state index in [4.69, 9.17) is 16.6 Å². The fourth-order valence-corrected chi connectivity index (χ4v) is 5.69. The molecule has 2 N–H and O–H groups in total. The Labute approximate surface area is 230 Å². The van der Waals surface area contributed by atoms with Crippen LogP contribution in [0.5, 0.6) is 0 Å². The molecular weight excluding hydrogens is 514 g/mol. The molecule has 3 aliphatic rings. The van der Waals surface area contributed by atoms with Crippen LogP contribution < -0.4 is 15.5 Å². The molecule has 4 aromatic rings. The number of rotatable bonds is 8. The van der Waals surface area contributed by atoms with Crippen molar-refractivity contribution in [2.24, 2.45) is 5.92 Å². The second-order valence-electron chi connectivity index (χ2n) is 10.7. The molecule has 2 aliphatic carbocycles. The summed E-state index contributed by atoms with van der Waals surface area (Å²) in [5, 5.41) is 6.90. The summed E-state index contributed by atoms with van der Waals surface area (Å²) in [6.45, 7) is 1.18. The molecule has 9 nitrogen and oxygen atoms in total. The highest BCUT2D eigenvalue weighted by atomic mass is 35.5. The van der Waals surface area contributed by atoms with Crippen molar-refractivity contribution in [1.29, 1.82) is 0 Å². The molecule has 3 fully saturated rings. The van der Waals surface area contributed by atoms with Gasteiger partial charge in [-0.2, -0.15) is 0 Å². The first-order chi connectivity index (χ1) is 19.0. The number of anilines is 3. The smallest absolute Gasteiger partial charge is 0.229 e. The van der Waals surface area contributed by atoms with Gasteiger partial charge < -0.3 is 19.9 Å². The predicted molar refractivity (Wildman–Crippen MR) is 149 cm³/mol. The van der Waals surface area contributed by atoms with Crippen LogP contribution in [0.15, 0.2) is 55.1 Å². The van der Waals surface area contributed by atoms with Crippen molar-refractivity contribution in [1.82, 2.24) is 19.4 Å². The van der Waals surface area contributed by atoms with E-state index >= 15 is 0 Å². The quantitative estimate of drug-likeness (QED) is 0.320. The van der Waals surface area contributed by atoms with E-state index in [1.807, 2.05) is 39.8 Å². The second kappa shape index (κ2) is 9.64. The Kier molecular flexibility index (Phi) is 5.96. The van der Waals surface area contributed by atoms with Crippen LogP contribution in [0.1, 0.15) is 60.8 Å². The number of hydrogen-bond acceptors (Lipinski definition) is 6. The molecule has 1 saturated heterocycles. The molecule has 10 heteroatoms. The van der Waals surface area contributed by atoms with E-state index in [9.17, 15) is 9.59 Å². The van der Waals surface area contributed by atoms with Crippen molar-refractivity contribution in [2.75, 3.05) is 22.1 Å². The lowest BCUT2D eigenvalue weighted by atomic mass is 10.1. The maximum absolute atomic E-state index is 12.8. The first kappa shape index (κ1) is 24.1. The molecule has 1 aliphatic heterocycles. The van der Waals surface area contributed by atoms with Crippen LogP contribution in [0.4, 0.5) is 17.3 Å². The molecule has 0 radical (unpaired) electrons. The Balaban J connectivity index is 1.04. The maximum Gasteiger partial charge on any atom is 0.229 e. The molecule has 7 rings (SSSR count). The number of carbonyl (C=O) groups excluding carboxylic acids is 2. The van der Waals surface area contributed by atoms with E-state index < -0.39 is 0 Å². The number of halogens is 1. The molecule has 0 spiro atoms. The number of benzene rings is 1. The summed E-state index contributed by atoms with van der Waals surface area (Å²) < 4.78 is 2.04. The predicted octanol–water partition coefficient (Wildman–Crippen LogP) is 5.14. The van der Waals surface area contributed by atoms with E-state index in [-0.39, 0.29) is 23.7 Å². The average Bonchev–Trinajstić information content (AvgIpc) is 3.85. The summed E-state index contributed by atoms with van der Waals surface area (Å²) >= 11 is 6.11. The monoisotopic (exact) mass is 541 g/mol. The van der Waals surface area contributed by atoms with Crippen LogP contribution in [0, 0.1) is 5.92 Å². The topological polar surface area (TPSA) is 105 Å². The van der Waals surface area contributed by atoms with Crippen molar-refractivity contribution in [3.63, 3.8) is 0 Å². The molecule has 2 amide bonds. The summed E-state index contributed by atoms with van der Waals surface area (Å²) in [4.78, 5) is 40.6. The lowest BCUT2D eigenvalue weighted by molar-refractivity contribution is -0.118. The van der Waals surface area contributed by atoms with Gasteiger partial charge in [-0.15, -0.1) is 0 Å². The number of amides is 2. The molecule has 0 bridgehead atoms. The summed E-state index contributed by atoms with van der Waals surface area (Å²) in [6.07, 6.45) is 10.2. The molecule has 2 atom stereocenters. The third-order valence-corrected chi connectivity index (χ3v) is 8.02. The van der Waals surface area contributed by atoms with E-state index in [2.05, 4.69) is 32.9 Å². The molecular formula is C29H28ClN7O2. The molecule has 2 saturated carbocycles. The molecule has 1 aromatic carbocycles. The van der Waals surface area contributed by atoms with Crippen LogP contribution in [-0.4, -0.2) is 37.7 Å². The molecule has 1 unspecified atom stereocenters. The van der Waals surface area contributed by atoms with Gasteiger partial charge in [0.15, 0.2) is 5.65 Å². The van der Waals surface area contributed by atoms with Gasteiger partial charge in [0.05, 0.1) is 17.9 Å². The Morgan fingerprint density at radius 3 is 2.74 bits per heavy atom. The highest BCUT2D eigenvalue weighted by molar-refractivity contribution is 6.30. The summed E-state index contributed by atoms with van der Waals surface area (Å²) in [5.74, 6) is 1.81. The number of nitrogens with zero attached hydrogens (tertiary/aromatic N) is 5. The van der Waals surface area contributed by atoms with Gasteiger partial charge >= 0.3 is 0 Å². The Morgan fingerprint density at radius 2 is 1.95 bits per heavy atom. The minimum absolute atomic E-state index is 0.0552. The van der Waals surface area contributed by atoms with Crippen molar-refractivity contribution < 1.29 is 9.59 Å². The van der Waals surface area contributed by atoms with Crippen LogP contribution in [0.3, 0.4) is 0 Å². The normalized spacial score (nSPS) is 20.4. The number of aromatic nitrogens is 4. The number of hydrogen-bond donors (Lipinski definition) is 2. The fraction of sp³-hybridized carbons (Fsp3) is 0.345. The van der Waals surface area contributed by atoms with Crippen LogP contribution in [-0.2, 0) is 16.1 Å². The lowest BCUT2D eigenvalue weighted by Gasteiger charge is -2.17. The van der Waals surface area contributed by atoms with Gasteiger partial charge in [-0.25, -0.2) is 15.0 Å². The largest absolute Gasteiger partial charge is 0.364 e. The molecule has 198 valence electrons. The van der Waals surface area contributed by atoms with Crippen molar-refractivity contribution in [2.45, 2.75) is 50.5 Å². The average molecular weight is 542 g/mol. The molecule has 4 heterocycles. The summed E-state index contributed by atoms with van der Waals surface area (Å²) in [7, 11) is 0. The standard InChI is InChI=1S/C29H28ClN7O2/c30-20-4-1-3-18(9-20)22-11-23(22)29(39)35-26-12-25(32-16-33-26)31-13-21-15-36-14-19(17-6-7-17)10-24(28(36)34-21)37-8-2-5-27(37)38/h1,3-4,9-10,12,14-17,22-23H,2,5-8,11,13H2,(H2,31,32,33,35,39)/t22?,23-/m0/s1. The highest BCUT2D eigenvalue weighted by Crippen LogP contribution is 2.48. The third kappa shape index (κ3) is 4.94. The number of imidazole rings is 1. The summed E-state index contributed by atoms with van der Waals surface area (Å²) in [6, 6.07) is 11.6. The lowest BCUT2D eigenvalue weighted by Crippen LogP contribution is -2.24. The van der Waals surface area contributed by atoms with E-state index in [0.717, 1.165) is 42.0 Å². The van der Waals surface area contributed by atoms with Crippen molar-refractivity contribution in [3.05, 3.63) is 77.0 Å². The number of pyridine rings is 1. The van der Waals surface area contributed by atoms with Gasteiger partial charge in [-0.05, 0) is 66.8 Å². The van der Waals surface area contributed by atoms with Crippen LogP contribution in [0.2, 0.25) is 5.02 Å². The van der Waals surface area contributed by atoms with Crippen LogP contribution in [0.25, 0.3) is 5.65 Å². The first-order valence-electron chi connectivity index (χ1n) is 13.5. The fourth-order valence-electron chi connectivity index (χ4n) is 5.49. The number of fused-ring (bicyclic) bond motifs is 1. The zero-order chi connectivity index (χ0) is 26.5. The van der Waals surface area contributed by atoms with Crippen molar-refractivity contribution in [3.8, 4) is 0 Å². The van der Waals surface area contributed by atoms with E-state index in [1.165, 1.54) is 24.7 Å². The summed E-state index contributed by atoms with van der Waals surface area (Å²) in [5.41, 5.74) is 4.87. The highest BCUT2D eigenvalue weighted by Gasteiger charge is 2.44. The van der Waals surface area contributed by atoms with Gasteiger partial charge in [0, 0.05) is 42.4 Å². The van der Waals surface area contributed by atoms with Gasteiger partial charge in [0.2, 0.25) is 11.8 Å². The second-order valence-corrected chi connectivity index (χ2v) is 11.1. The SMILES string of the molecule is O=C(Nc1cc(NCc2cn3cc(C4CC4)cc(N4CCCC4=O)c3n2)ncn1)[C@H]1CC1c1cccc(Cl)c1. The van der Waals surface area contributed by atoms with Gasteiger partial charge in [-0.3, -0.25) is 9.59 Å². The van der Waals surface area contributed by atoms with Gasteiger partial charge in [0.1, 0.15) is 18.0 Å². The minimum Gasteiger partial charge on any atom is -0.364 e. The maximum atomic E-state index is 12.8. The van der Waals surface area contributed by atoms with Crippen molar-refractivity contribution >= 4 is 46.4 Å². The Morgan fingerprint density at radius 1 is 1.08 bits per heavy atom. The zero-order valence-corrected chi connectivity index (χ0v) is 22.1.